The number of aliphatic hydroxyl groups is 1. The van der Waals surface area contributed by atoms with E-state index >= 15 is 0 Å². The maximum Gasteiger partial charge on any atom is 0.469 e. The Morgan fingerprint density at radius 3 is 2.38 bits per heavy atom. The lowest BCUT2D eigenvalue weighted by molar-refractivity contribution is -0.140. The Balaban J connectivity index is 2.33. The Labute approximate surface area is 340 Å². The number of carbonyl (C=O) groups is 6. The van der Waals surface area contributed by atoms with Crippen LogP contribution in [0, 0.1) is 17.8 Å². The number of phosphoric ester groups is 1. The van der Waals surface area contributed by atoms with E-state index in [1.165, 1.54) is 4.90 Å². The van der Waals surface area contributed by atoms with E-state index in [0.29, 0.717) is 44.8 Å². The first-order valence-electron chi connectivity index (χ1n) is 19.7. The van der Waals surface area contributed by atoms with E-state index in [4.69, 9.17) is 15.2 Å². The maximum atomic E-state index is 14.2. The van der Waals surface area contributed by atoms with Gasteiger partial charge in [-0.2, -0.15) is 0 Å². The van der Waals surface area contributed by atoms with Crippen LogP contribution in [0.5, 0.6) is 0 Å². The lowest BCUT2D eigenvalue weighted by atomic mass is 9.89. The lowest BCUT2D eigenvalue weighted by Gasteiger charge is -2.28. The normalized spacial score (nSPS) is 17.0. The number of aryl methyl sites for hydroxylation is 1. The minimum Gasteiger partial charge on any atom is -0.394 e. The van der Waals surface area contributed by atoms with Gasteiger partial charge in [0.25, 0.3) is 0 Å². The van der Waals surface area contributed by atoms with E-state index in [0.717, 1.165) is 26.2 Å². The molecule has 1 saturated heterocycles. The molecule has 58 heavy (non-hydrogen) atoms. The predicted octanol–water partition coefficient (Wildman–Crippen LogP) is 0.968. The van der Waals surface area contributed by atoms with Crippen LogP contribution in [0.1, 0.15) is 84.3 Å². The standard InChI is InChI=1S/C38H63N6O13P/c1-6-7-8-9-13-43-24-40-22-28(43)19-27(37(50)42-31(23-45)34(47)21-29(36(39)49)26(4)57-58(52,53)54)20-33(46)30(18-25(2)3)41-38(51)32-11-10-14-44(32)35(48)12-15-56-17-16-55-5/h6,22,24-27,29-32,45H,1,7-21,23H2,2-5H3,(H2,39,49)(H,41,51)(H,42,50)(H2,52,53,54)/t26?,27-,29+,30+,31+,32+/m1/s1. The summed E-state index contributed by atoms with van der Waals surface area (Å²) in [5.41, 5.74) is 6.02. The van der Waals surface area contributed by atoms with Crippen molar-refractivity contribution in [2.75, 3.05) is 40.1 Å². The first kappa shape index (κ1) is 50.3. The van der Waals surface area contributed by atoms with Crippen molar-refractivity contribution in [3.63, 3.8) is 0 Å². The van der Waals surface area contributed by atoms with Crippen molar-refractivity contribution in [3.05, 3.63) is 30.9 Å². The van der Waals surface area contributed by atoms with Gasteiger partial charge in [-0.25, -0.2) is 9.55 Å². The Bertz CT molecular complexity index is 1570. The smallest absolute Gasteiger partial charge is 0.394 e. The number of phosphoric acid groups is 1. The number of aliphatic hydroxyl groups excluding tert-OH is 1. The molecule has 7 N–H and O–H groups in total. The molecule has 0 bridgehead atoms. The Morgan fingerprint density at radius 1 is 1.05 bits per heavy atom. The van der Waals surface area contributed by atoms with Crippen LogP contribution in [0.4, 0.5) is 0 Å². The number of hydrogen-bond acceptors (Lipinski definition) is 12. The number of hydrogen-bond donors (Lipinski definition) is 6. The van der Waals surface area contributed by atoms with E-state index in [1.54, 1.807) is 19.6 Å². The number of imidazole rings is 1. The molecular formula is C38H63N6O13P. The van der Waals surface area contributed by atoms with Gasteiger partial charge in [-0.3, -0.25) is 33.3 Å². The van der Waals surface area contributed by atoms with E-state index in [-0.39, 0.29) is 44.1 Å². The molecule has 0 spiro atoms. The summed E-state index contributed by atoms with van der Waals surface area (Å²) in [7, 11) is -3.52. The fraction of sp³-hybridized carbons (Fsp3) is 0.711. The second-order valence-corrected chi connectivity index (χ2v) is 16.1. The zero-order valence-electron chi connectivity index (χ0n) is 34.1. The number of allylic oxidation sites excluding steroid dienone is 1. The van der Waals surface area contributed by atoms with Gasteiger partial charge in [0, 0.05) is 51.4 Å². The van der Waals surface area contributed by atoms with Gasteiger partial charge in [0.05, 0.1) is 63.2 Å². The number of aromatic nitrogens is 2. The van der Waals surface area contributed by atoms with Crippen molar-refractivity contribution in [1.82, 2.24) is 25.1 Å². The number of unbranched alkanes of at least 4 members (excludes halogenated alkanes) is 2. The highest BCUT2D eigenvalue weighted by Gasteiger charge is 2.38. The van der Waals surface area contributed by atoms with Crippen molar-refractivity contribution in [3.8, 4) is 0 Å². The zero-order valence-corrected chi connectivity index (χ0v) is 35.0. The molecule has 328 valence electrons. The molecule has 1 aromatic rings. The van der Waals surface area contributed by atoms with Crippen molar-refractivity contribution < 1.29 is 62.2 Å². The van der Waals surface area contributed by atoms with Gasteiger partial charge in [0.1, 0.15) is 12.1 Å². The van der Waals surface area contributed by atoms with Crippen molar-refractivity contribution in [1.29, 1.82) is 0 Å². The summed E-state index contributed by atoms with van der Waals surface area (Å²) in [4.78, 5) is 105. The van der Waals surface area contributed by atoms with Gasteiger partial charge in [0.15, 0.2) is 11.6 Å². The number of nitrogens with zero attached hydrogens (tertiary/aromatic N) is 3. The number of Topliss-reactive ketones (excluding diaryl/α,β-unsaturated/α-hetero) is 2. The molecule has 1 aliphatic heterocycles. The second kappa shape index (κ2) is 25.6. The fourth-order valence-electron chi connectivity index (χ4n) is 6.75. The minimum absolute atomic E-state index is 0.0118. The molecule has 6 atom stereocenters. The molecule has 2 heterocycles. The summed E-state index contributed by atoms with van der Waals surface area (Å²) in [5.74, 6) is -6.67. The summed E-state index contributed by atoms with van der Waals surface area (Å²) in [6.07, 6.45) is 6.11. The highest BCUT2D eigenvalue weighted by Crippen LogP contribution is 2.39. The number of primary amides is 1. The second-order valence-electron chi connectivity index (χ2n) is 14.9. The van der Waals surface area contributed by atoms with Crippen LogP contribution in [0.2, 0.25) is 0 Å². The summed E-state index contributed by atoms with van der Waals surface area (Å²) >= 11 is 0. The van der Waals surface area contributed by atoms with Crippen molar-refractivity contribution >= 4 is 43.0 Å². The van der Waals surface area contributed by atoms with Gasteiger partial charge in [-0.05, 0) is 51.4 Å². The third kappa shape index (κ3) is 17.6. The Hall–Kier alpha value is -3.84. The van der Waals surface area contributed by atoms with Crippen LogP contribution >= 0.6 is 7.82 Å². The third-order valence-corrected chi connectivity index (χ3v) is 10.5. The first-order chi connectivity index (χ1) is 27.4. The van der Waals surface area contributed by atoms with Crippen LogP contribution in [-0.4, -0.2) is 129 Å². The number of rotatable bonds is 30. The summed E-state index contributed by atoms with van der Waals surface area (Å²) in [6, 6.07) is -3.40. The van der Waals surface area contributed by atoms with Gasteiger partial charge in [0.2, 0.25) is 23.6 Å². The molecule has 0 aromatic carbocycles. The number of ether oxygens (including phenoxy) is 2. The van der Waals surface area contributed by atoms with Crippen LogP contribution in [0.25, 0.3) is 0 Å². The molecule has 0 radical (unpaired) electrons. The molecule has 1 aromatic heterocycles. The molecular weight excluding hydrogens is 779 g/mol. The predicted molar refractivity (Wildman–Crippen MR) is 210 cm³/mol. The van der Waals surface area contributed by atoms with Crippen LogP contribution in [0.15, 0.2) is 25.2 Å². The lowest BCUT2D eigenvalue weighted by Crippen LogP contribution is -2.52. The van der Waals surface area contributed by atoms with Crippen molar-refractivity contribution in [2.45, 2.75) is 116 Å². The third-order valence-electron chi connectivity index (χ3n) is 9.85. The average Bonchev–Trinajstić information content (AvgIpc) is 3.82. The Kier molecular flexibility index (Phi) is 22.2. The van der Waals surface area contributed by atoms with Gasteiger partial charge in [-0.1, -0.05) is 19.9 Å². The quantitative estimate of drug-likeness (QED) is 0.0358. The monoisotopic (exact) mass is 842 g/mol. The summed E-state index contributed by atoms with van der Waals surface area (Å²) < 4.78 is 28.2. The number of methoxy groups -OCH3 is 1. The largest absolute Gasteiger partial charge is 0.469 e. The molecule has 1 unspecified atom stereocenters. The highest BCUT2D eigenvalue weighted by atomic mass is 31.2. The maximum absolute atomic E-state index is 14.2. The molecule has 0 saturated carbocycles. The number of likely N-dealkylation sites (tertiary alicyclic amines) is 1. The van der Waals surface area contributed by atoms with E-state index in [1.807, 2.05) is 24.5 Å². The highest BCUT2D eigenvalue weighted by molar-refractivity contribution is 7.46. The first-order valence-corrected chi connectivity index (χ1v) is 21.2. The Morgan fingerprint density at radius 2 is 1.76 bits per heavy atom. The average molecular weight is 843 g/mol. The van der Waals surface area contributed by atoms with Crippen LogP contribution < -0.4 is 16.4 Å². The number of nitrogens with one attached hydrogen (secondary N) is 2. The van der Waals surface area contributed by atoms with Gasteiger partial charge < -0.3 is 50.2 Å². The molecule has 4 amide bonds. The SMILES string of the molecule is C=CCCCCn1cncc1C[C@H](CC(=O)[C@H](CC(C)C)NC(=O)[C@@H]1CCCN1C(=O)CCOCCOC)C(=O)N[C@@H](CO)C(=O)C[C@H](C(N)=O)C(C)OP(=O)(O)O. The number of carbonyl (C=O) groups excluding carboxylic acids is 6. The van der Waals surface area contributed by atoms with Crippen molar-refractivity contribution in [2.24, 2.45) is 23.5 Å². The topological polar surface area (TPSA) is 279 Å². The molecule has 1 fully saturated rings. The number of nitrogens with two attached hydrogens (primary N) is 1. The molecule has 0 aliphatic carbocycles. The van der Waals surface area contributed by atoms with E-state index < -0.39 is 86.2 Å². The van der Waals surface area contributed by atoms with Gasteiger partial charge in [-0.15, -0.1) is 6.58 Å². The van der Waals surface area contributed by atoms with Crippen LogP contribution in [-0.2, 0) is 60.3 Å². The van der Waals surface area contributed by atoms with Gasteiger partial charge >= 0.3 is 7.82 Å². The molecule has 1 aliphatic rings. The summed E-state index contributed by atoms with van der Waals surface area (Å²) in [5, 5.41) is 15.5. The number of amides is 4. The minimum atomic E-state index is -5.06. The van der Waals surface area contributed by atoms with E-state index in [2.05, 4.69) is 26.7 Å². The number of ketones is 2. The van der Waals surface area contributed by atoms with E-state index in [9.17, 15) is 48.2 Å². The van der Waals surface area contributed by atoms with Crippen LogP contribution in [0.3, 0.4) is 0 Å². The molecule has 20 heteroatoms. The molecule has 2 rings (SSSR count). The zero-order chi connectivity index (χ0) is 43.4. The fourth-order valence-corrected chi connectivity index (χ4v) is 7.33. The molecule has 19 nitrogen and oxygen atoms in total. The summed E-state index contributed by atoms with van der Waals surface area (Å²) in [6.45, 7) is 9.54.